The summed E-state index contributed by atoms with van der Waals surface area (Å²) in [6.07, 6.45) is 0.605. The van der Waals surface area contributed by atoms with E-state index in [2.05, 4.69) is 15.3 Å². The molecule has 7 nitrogen and oxygen atoms in total. The van der Waals surface area contributed by atoms with Crippen LogP contribution >= 0.6 is 11.6 Å². The molecule has 0 spiro atoms. The highest BCUT2D eigenvalue weighted by atomic mass is 35.5. The van der Waals surface area contributed by atoms with Gasteiger partial charge in [0.2, 0.25) is 0 Å². The average molecular weight is 535 g/mol. The second-order valence-electron chi connectivity index (χ2n) is 9.87. The number of aromatic hydroxyl groups is 1. The number of hydrogen-bond donors (Lipinski definition) is 4. The topological polar surface area (TPSA) is 101 Å². The Morgan fingerprint density at radius 2 is 1.56 bits per heavy atom. The van der Waals surface area contributed by atoms with E-state index in [1.165, 1.54) is 0 Å². The zero-order chi connectivity index (χ0) is 26.7. The summed E-state index contributed by atoms with van der Waals surface area (Å²) in [5, 5.41) is 16.7. The molecule has 0 saturated heterocycles. The second kappa shape index (κ2) is 8.92. The van der Waals surface area contributed by atoms with Gasteiger partial charge in [-0.05, 0) is 53.8 Å². The molecule has 2 amide bonds. The number of aromatic nitrogens is 2. The summed E-state index contributed by atoms with van der Waals surface area (Å²) < 4.78 is 0. The Morgan fingerprint density at radius 3 is 2.41 bits per heavy atom. The largest absolute Gasteiger partial charge is 0.507 e. The number of nitrogens with one attached hydrogen (secondary N) is 3. The number of hydrogen-bond acceptors (Lipinski definition) is 3. The molecule has 1 unspecified atom stereocenters. The number of benzene rings is 4. The lowest BCUT2D eigenvalue weighted by atomic mass is 9.94. The maximum absolute atomic E-state index is 13.7. The third-order valence-corrected chi connectivity index (χ3v) is 7.63. The van der Waals surface area contributed by atoms with Crippen LogP contribution in [0.4, 0.5) is 11.4 Å². The molecule has 0 aliphatic carbocycles. The van der Waals surface area contributed by atoms with Crippen LogP contribution in [0.2, 0.25) is 0 Å². The minimum atomic E-state index is -0.259. The molecular formula is C31H23ClN4O3. The van der Waals surface area contributed by atoms with Gasteiger partial charge in [0, 0.05) is 45.5 Å². The van der Waals surface area contributed by atoms with E-state index in [0.29, 0.717) is 35.7 Å². The molecule has 3 heterocycles. The van der Waals surface area contributed by atoms with Crippen LogP contribution in [0.5, 0.6) is 5.75 Å². The number of phenolic OH excluding ortho intramolecular Hbond substituents is 1. The van der Waals surface area contributed by atoms with Crippen LogP contribution in [-0.2, 0) is 6.42 Å². The van der Waals surface area contributed by atoms with E-state index in [4.69, 9.17) is 11.6 Å². The van der Waals surface area contributed by atoms with Crippen LogP contribution in [0, 0.1) is 0 Å². The number of H-pyrrole nitrogens is 2. The standard InChI is InChI=1S/C31H23ClN4O3/c32-19-14-23-21-6-2-3-7-22(21)29(37)15-28(23)36(16-19)31(39)27-13-18-11-20(9-10-25(18)35-27)33-30(38)26-12-17-5-1-4-8-24(17)34-26/h1-13,15,19,34-35,37H,14,16H2,(H,33,38). The molecule has 0 saturated carbocycles. The first kappa shape index (κ1) is 23.4. The molecule has 8 heteroatoms. The number of amides is 2. The van der Waals surface area contributed by atoms with E-state index >= 15 is 0 Å². The Hall–Kier alpha value is -4.75. The summed E-state index contributed by atoms with van der Waals surface area (Å²) in [5.41, 5.74) is 4.75. The maximum atomic E-state index is 13.7. The normalized spacial score (nSPS) is 15.1. The summed E-state index contributed by atoms with van der Waals surface area (Å²) in [5.74, 6) is -0.360. The van der Waals surface area contributed by atoms with E-state index in [0.717, 1.165) is 38.1 Å². The van der Waals surface area contributed by atoms with Crippen LogP contribution in [0.3, 0.4) is 0 Å². The number of nitrogens with zero attached hydrogens (tertiary/aromatic N) is 1. The number of carbonyl (C=O) groups is 2. The molecule has 0 radical (unpaired) electrons. The molecule has 0 bridgehead atoms. The van der Waals surface area contributed by atoms with Crippen LogP contribution < -0.4 is 10.2 Å². The van der Waals surface area contributed by atoms with Crippen molar-refractivity contribution in [2.45, 2.75) is 11.8 Å². The van der Waals surface area contributed by atoms with E-state index in [1.807, 2.05) is 66.7 Å². The monoisotopic (exact) mass is 534 g/mol. The van der Waals surface area contributed by atoms with Crippen molar-refractivity contribution < 1.29 is 14.7 Å². The zero-order valence-corrected chi connectivity index (χ0v) is 21.4. The summed E-state index contributed by atoms with van der Waals surface area (Å²) in [6.45, 7) is 0.326. The Balaban J connectivity index is 1.19. The van der Waals surface area contributed by atoms with Gasteiger partial charge in [0.05, 0.1) is 11.1 Å². The summed E-state index contributed by atoms with van der Waals surface area (Å²) in [4.78, 5) is 34.6. The van der Waals surface area contributed by atoms with Crippen LogP contribution in [0.15, 0.2) is 84.9 Å². The van der Waals surface area contributed by atoms with Gasteiger partial charge in [-0.25, -0.2) is 0 Å². The predicted molar refractivity (Wildman–Crippen MR) is 155 cm³/mol. The molecule has 4 aromatic carbocycles. The molecule has 4 N–H and O–H groups in total. The molecule has 2 aromatic heterocycles. The lowest BCUT2D eigenvalue weighted by Gasteiger charge is -2.33. The number of aromatic amines is 2. The number of phenols is 1. The third-order valence-electron chi connectivity index (χ3n) is 7.34. The fourth-order valence-corrected chi connectivity index (χ4v) is 5.79. The fourth-order valence-electron chi connectivity index (χ4n) is 5.50. The highest BCUT2D eigenvalue weighted by Crippen LogP contribution is 2.40. The van der Waals surface area contributed by atoms with Crippen LogP contribution in [0.1, 0.15) is 26.5 Å². The van der Waals surface area contributed by atoms with E-state index in [1.54, 1.807) is 23.1 Å². The van der Waals surface area contributed by atoms with Crippen molar-refractivity contribution in [3.63, 3.8) is 0 Å². The average Bonchev–Trinajstić information content (AvgIpc) is 3.57. The van der Waals surface area contributed by atoms with E-state index in [-0.39, 0.29) is 22.9 Å². The van der Waals surface area contributed by atoms with Gasteiger partial charge in [-0.15, -0.1) is 11.6 Å². The first-order valence-electron chi connectivity index (χ1n) is 12.7. The van der Waals surface area contributed by atoms with Gasteiger partial charge >= 0.3 is 0 Å². The quantitative estimate of drug-likeness (QED) is 0.193. The number of alkyl halides is 1. The lowest BCUT2D eigenvalue weighted by molar-refractivity contribution is 0.0980. The number of para-hydroxylation sites is 1. The number of anilines is 2. The zero-order valence-electron chi connectivity index (χ0n) is 20.7. The van der Waals surface area contributed by atoms with Gasteiger partial charge in [0.15, 0.2) is 0 Å². The van der Waals surface area contributed by atoms with Gasteiger partial charge in [-0.1, -0.05) is 42.5 Å². The number of fused-ring (bicyclic) bond motifs is 5. The van der Waals surface area contributed by atoms with Crippen molar-refractivity contribution in [3.05, 3.63) is 102 Å². The molecule has 1 atom stereocenters. The first-order valence-corrected chi connectivity index (χ1v) is 13.1. The molecule has 1 aliphatic rings. The van der Waals surface area contributed by atoms with Crippen molar-refractivity contribution in [1.29, 1.82) is 0 Å². The Bertz CT molecular complexity index is 1910. The van der Waals surface area contributed by atoms with Gasteiger partial charge in [0.25, 0.3) is 11.8 Å². The minimum absolute atomic E-state index is 0.127. The highest BCUT2D eigenvalue weighted by Gasteiger charge is 2.31. The molecular weight excluding hydrogens is 512 g/mol. The second-order valence-corrected chi connectivity index (χ2v) is 10.5. The summed E-state index contributed by atoms with van der Waals surface area (Å²) in [7, 11) is 0. The van der Waals surface area contributed by atoms with E-state index < -0.39 is 0 Å². The Labute approximate surface area is 228 Å². The van der Waals surface area contributed by atoms with Gasteiger partial charge in [-0.3, -0.25) is 9.59 Å². The Kier molecular flexibility index (Phi) is 5.35. The van der Waals surface area contributed by atoms with Crippen LogP contribution in [0.25, 0.3) is 32.6 Å². The fraction of sp³-hybridized carbons (Fsp3) is 0.0968. The number of carbonyl (C=O) groups excluding carboxylic acids is 2. The number of rotatable bonds is 3. The predicted octanol–water partition coefficient (Wildman–Crippen LogP) is 6.57. The van der Waals surface area contributed by atoms with Crippen molar-refractivity contribution in [2.75, 3.05) is 16.8 Å². The smallest absolute Gasteiger partial charge is 0.274 e. The SMILES string of the molecule is O=C(Nc1ccc2[nH]c(C(=O)N3CC(Cl)Cc4c3cc(O)c3ccccc43)cc2c1)c1cc2ccccc2[nH]1. The first-order chi connectivity index (χ1) is 18.9. The molecule has 7 rings (SSSR count). The summed E-state index contributed by atoms with van der Waals surface area (Å²) >= 11 is 6.63. The highest BCUT2D eigenvalue weighted by molar-refractivity contribution is 6.22. The van der Waals surface area contributed by atoms with Gasteiger partial charge < -0.3 is 25.3 Å². The van der Waals surface area contributed by atoms with Gasteiger partial charge in [0.1, 0.15) is 17.1 Å². The minimum Gasteiger partial charge on any atom is -0.507 e. The lowest BCUT2D eigenvalue weighted by Crippen LogP contribution is -2.40. The number of halogens is 1. The van der Waals surface area contributed by atoms with E-state index in [9.17, 15) is 14.7 Å². The molecule has 6 aromatic rings. The molecule has 192 valence electrons. The maximum Gasteiger partial charge on any atom is 0.274 e. The van der Waals surface area contributed by atoms with Crippen molar-refractivity contribution in [3.8, 4) is 5.75 Å². The summed E-state index contributed by atoms with van der Waals surface area (Å²) in [6, 6.07) is 26.0. The van der Waals surface area contributed by atoms with Crippen molar-refractivity contribution in [2.24, 2.45) is 0 Å². The van der Waals surface area contributed by atoms with Crippen molar-refractivity contribution >= 4 is 67.4 Å². The van der Waals surface area contributed by atoms with Gasteiger partial charge in [-0.2, -0.15) is 0 Å². The molecule has 0 fully saturated rings. The van der Waals surface area contributed by atoms with Crippen molar-refractivity contribution in [1.82, 2.24) is 9.97 Å². The molecule has 39 heavy (non-hydrogen) atoms. The third kappa shape index (κ3) is 3.99. The van der Waals surface area contributed by atoms with Crippen LogP contribution in [-0.4, -0.2) is 38.8 Å². The Morgan fingerprint density at radius 1 is 0.846 bits per heavy atom. The molecule has 1 aliphatic heterocycles.